The van der Waals surface area contributed by atoms with Crippen molar-refractivity contribution >= 4 is 17.3 Å². The van der Waals surface area contributed by atoms with Crippen molar-refractivity contribution < 1.29 is 36.9 Å². The number of nitrogens with zero attached hydrogens (tertiary/aromatic N) is 3. The van der Waals surface area contributed by atoms with E-state index in [0.29, 0.717) is 26.2 Å². The molecule has 206 valence electrons. The Bertz CT molecular complexity index is 1380. The summed E-state index contributed by atoms with van der Waals surface area (Å²) in [4.78, 5) is 22.7. The Labute approximate surface area is 221 Å². The standard InChI is InChI=1S/C27H26F4N4O4/c1-15-2-3-17(34-26(37)19-4-5-32-25(23(19)28)27(29,30)31)11-20(15)16-10-21-24(33-13-16)22(39-9-7-36)12-18-14-38-8-6-35(18)21/h2-5,10-11,13,18,22,36H,6-9,12,14H2,1H3,(H,34,37)/t18-,22-/m1/s1. The van der Waals surface area contributed by atoms with Crippen LogP contribution in [0, 0.1) is 12.7 Å². The van der Waals surface area contributed by atoms with Gasteiger partial charge in [0.1, 0.15) is 6.10 Å². The lowest BCUT2D eigenvalue weighted by Gasteiger charge is -2.44. The van der Waals surface area contributed by atoms with Crippen molar-refractivity contribution in [3.8, 4) is 11.1 Å². The molecular formula is C27H26F4N4O4. The minimum absolute atomic E-state index is 0.0931. The van der Waals surface area contributed by atoms with Gasteiger partial charge in [-0.3, -0.25) is 9.78 Å². The summed E-state index contributed by atoms with van der Waals surface area (Å²) in [5.41, 5.74) is 1.78. The summed E-state index contributed by atoms with van der Waals surface area (Å²) in [6.45, 7) is 3.76. The zero-order valence-electron chi connectivity index (χ0n) is 21.0. The van der Waals surface area contributed by atoms with Crippen LogP contribution in [0.1, 0.15) is 39.8 Å². The lowest BCUT2D eigenvalue weighted by atomic mass is 9.93. The first-order valence-corrected chi connectivity index (χ1v) is 12.4. The Morgan fingerprint density at radius 1 is 1.26 bits per heavy atom. The smallest absolute Gasteiger partial charge is 0.394 e. The molecule has 0 radical (unpaired) electrons. The molecule has 4 heterocycles. The summed E-state index contributed by atoms with van der Waals surface area (Å²) < 4.78 is 65.1. The molecule has 0 unspecified atom stereocenters. The number of fused-ring (bicyclic) bond motifs is 3. The number of aromatic nitrogens is 2. The van der Waals surface area contributed by atoms with Crippen LogP contribution in [-0.2, 0) is 15.7 Å². The number of anilines is 2. The number of amides is 1. The first-order valence-electron chi connectivity index (χ1n) is 12.4. The first-order chi connectivity index (χ1) is 18.7. The fourth-order valence-corrected chi connectivity index (χ4v) is 4.98. The Balaban J connectivity index is 1.46. The monoisotopic (exact) mass is 546 g/mol. The van der Waals surface area contributed by atoms with Crippen molar-refractivity contribution in [2.24, 2.45) is 0 Å². The highest BCUT2D eigenvalue weighted by molar-refractivity contribution is 6.04. The molecule has 12 heteroatoms. The maximum atomic E-state index is 14.4. The van der Waals surface area contributed by atoms with Crippen molar-refractivity contribution in [2.75, 3.05) is 43.2 Å². The van der Waals surface area contributed by atoms with Crippen LogP contribution in [0.5, 0.6) is 0 Å². The molecule has 0 bridgehead atoms. The number of hydrogen-bond acceptors (Lipinski definition) is 7. The molecule has 1 amide bonds. The average Bonchev–Trinajstić information content (AvgIpc) is 2.92. The number of carbonyl (C=O) groups is 1. The van der Waals surface area contributed by atoms with Crippen molar-refractivity contribution in [1.82, 2.24) is 9.97 Å². The number of halogens is 4. The maximum Gasteiger partial charge on any atom is 0.436 e. The van der Waals surface area contributed by atoms with Gasteiger partial charge in [-0.1, -0.05) is 6.07 Å². The van der Waals surface area contributed by atoms with Gasteiger partial charge in [0.2, 0.25) is 0 Å². The highest BCUT2D eigenvalue weighted by Gasteiger charge is 2.38. The molecule has 0 spiro atoms. The molecule has 2 aliphatic rings. The van der Waals surface area contributed by atoms with Crippen molar-refractivity contribution in [3.63, 3.8) is 0 Å². The van der Waals surface area contributed by atoms with Crippen LogP contribution in [0.4, 0.5) is 28.9 Å². The third-order valence-corrected chi connectivity index (χ3v) is 6.84. The average molecular weight is 547 g/mol. The fourth-order valence-electron chi connectivity index (χ4n) is 4.98. The number of carbonyl (C=O) groups excluding carboxylic acids is 1. The SMILES string of the molecule is Cc1ccc(NC(=O)c2ccnc(C(F)(F)F)c2F)cc1-c1cnc2c(c1)N1CCOC[C@H]1C[C@H]2OCCO. The van der Waals surface area contributed by atoms with Gasteiger partial charge < -0.3 is 24.8 Å². The molecule has 2 aliphatic heterocycles. The zero-order valence-corrected chi connectivity index (χ0v) is 21.0. The van der Waals surface area contributed by atoms with Gasteiger partial charge in [-0.15, -0.1) is 0 Å². The number of rotatable bonds is 6. The van der Waals surface area contributed by atoms with Crippen LogP contribution < -0.4 is 10.2 Å². The number of aliphatic hydroxyl groups is 1. The van der Waals surface area contributed by atoms with E-state index >= 15 is 0 Å². The second-order valence-corrected chi connectivity index (χ2v) is 9.37. The zero-order chi connectivity index (χ0) is 27.7. The second-order valence-electron chi connectivity index (χ2n) is 9.37. The number of alkyl halides is 3. The summed E-state index contributed by atoms with van der Waals surface area (Å²) >= 11 is 0. The van der Waals surface area contributed by atoms with Gasteiger partial charge in [0.15, 0.2) is 11.5 Å². The Hall–Kier alpha value is -3.61. The van der Waals surface area contributed by atoms with Gasteiger partial charge in [-0.2, -0.15) is 13.2 Å². The Morgan fingerprint density at radius 2 is 2.08 bits per heavy atom. The second kappa shape index (κ2) is 10.9. The van der Waals surface area contributed by atoms with Crippen LogP contribution in [0.25, 0.3) is 11.1 Å². The molecule has 39 heavy (non-hydrogen) atoms. The lowest BCUT2D eigenvalue weighted by molar-refractivity contribution is -0.143. The largest absolute Gasteiger partial charge is 0.436 e. The minimum Gasteiger partial charge on any atom is -0.394 e. The molecule has 2 aromatic heterocycles. The highest BCUT2D eigenvalue weighted by atomic mass is 19.4. The van der Waals surface area contributed by atoms with Gasteiger partial charge in [0.25, 0.3) is 5.91 Å². The van der Waals surface area contributed by atoms with E-state index in [-0.39, 0.29) is 31.0 Å². The maximum absolute atomic E-state index is 14.4. The predicted molar refractivity (Wildman–Crippen MR) is 134 cm³/mol. The molecule has 0 saturated carbocycles. The number of hydrogen-bond donors (Lipinski definition) is 2. The van der Waals surface area contributed by atoms with Gasteiger partial charge >= 0.3 is 6.18 Å². The van der Waals surface area contributed by atoms with Crippen molar-refractivity contribution in [3.05, 3.63) is 71.1 Å². The quantitative estimate of drug-likeness (QED) is 0.439. The molecule has 5 rings (SSSR count). The van der Waals surface area contributed by atoms with Crippen LogP contribution >= 0.6 is 0 Å². The van der Waals surface area contributed by atoms with E-state index in [1.807, 2.05) is 13.0 Å². The number of aryl methyl sites for hydroxylation is 1. The molecular weight excluding hydrogens is 520 g/mol. The molecule has 2 N–H and O–H groups in total. The molecule has 1 aromatic carbocycles. The molecule has 8 nitrogen and oxygen atoms in total. The molecule has 3 aromatic rings. The number of benzene rings is 1. The van der Waals surface area contributed by atoms with Crippen molar-refractivity contribution in [2.45, 2.75) is 31.7 Å². The van der Waals surface area contributed by atoms with Gasteiger partial charge in [-0.25, -0.2) is 9.37 Å². The molecule has 0 aliphatic carbocycles. The summed E-state index contributed by atoms with van der Waals surface area (Å²) in [6.07, 6.45) is -2.20. The third kappa shape index (κ3) is 5.45. The predicted octanol–water partition coefficient (Wildman–Crippen LogP) is 4.52. The number of morpholine rings is 1. The van der Waals surface area contributed by atoms with Gasteiger partial charge in [0.05, 0.1) is 49.4 Å². The minimum atomic E-state index is -5.03. The highest BCUT2D eigenvalue weighted by Crippen LogP contribution is 2.41. The summed E-state index contributed by atoms with van der Waals surface area (Å²) in [6, 6.07) is 7.98. The number of ether oxygens (including phenoxy) is 2. The van der Waals surface area contributed by atoms with E-state index in [4.69, 9.17) is 14.5 Å². The summed E-state index contributed by atoms with van der Waals surface area (Å²) in [5.74, 6) is -2.76. The van der Waals surface area contributed by atoms with E-state index < -0.39 is 29.2 Å². The van der Waals surface area contributed by atoms with E-state index in [0.717, 1.165) is 40.3 Å². The summed E-state index contributed by atoms with van der Waals surface area (Å²) in [5, 5.41) is 11.7. The Kier molecular flexibility index (Phi) is 7.52. The fraction of sp³-hybridized carbons (Fsp3) is 0.370. The number of aliphatic hydroxyl groups excluding tert-OH is 1. The van der Waals surface area contributed by atoms with Crippen LogP contribution in [-0.4, -0.2) is 60.0 Å². The van der Waals surface area contributed by atoms with Gasteiger partial charge in [-0.05, 0) is 42.3 Å². The van der Waals surface area contributed by atoms with E-state index in [1.165, 1.54) is 0 Å². The summed E-state index contributed by atoms with van der Waals surface area (Å²) in [7, 11) is 0. The number of nitrogens with one attached hydrogen (secondary N) is 1. The topological polar surface area (TPSA) is 96.8 Å². The first kappa shape index (κ1) is 27.0. The van der Waals surface area contributed by atoms with Gasteiger partial charge in [0, 0.05) is 36.6 Å². The molecule has 2 atom stereocenters. The van der Waals surface area contributed by atoms with Crippen LogP contribution in [0.2, 0.25) is 0 Å². The molecule has 1 saturated heterocycles. The van der Waals surface area contributed by atoms with Crippen LogP contribution in [0.15, 0.2) is 42.7 Å². The van der Waals surface area contributed by atoms with E-state index in [9.17, 15) is 27.5 Å². The van der Waals surface area contributed by atoms with E-state index in [1.54, 1.807) is 24.4 Å². The van der Waals surface area contributed by atoms with Crippen molar-refractivity contribution in [1.29, 1.82) is 0 Å². The normalized spacial score (nSPS) is 18.9. The number of pyridine rings is 2. The third-order valence-electron chi connectivity index (χ3n) is 6.84. The molecule has 1 fully saturated rings. The lowest BCUT2D eigenvalue weighted by Crippen LogP contribution is -2.49. The van der Waals surface area contributed by atoms with Crippen LogP contribution in [0.3, 0.4) is 0 Å². The van der Waals surface area contributed by atoms with E-state index in [2.05, 4.69) is 15.2 Å². The Morgan fingerprint density at radius 3 is 2.85 bits per heavy atom.